The standard InChI is InChI=1S/C11H19ClN2O2S/c1-5-6-8(2)7-14-10(4)11(9(3)13-14)17(12,15)16/h8H,5-7H2,1-4H3. The van der Waals surface area contributed by atoms with Crippen LogP contribution in [0.1, 0.15) is 38.1 Å². The van der Waals surface area contributed by atoms with Crippen LogP contribution in [0.15, 0.2) is 4.90 Å². The van der Waals surface area contributed by atoms with Gasteiger partial charge in [0.2, 0.25) is 0 Å². The van der Waals surface area contributed by atoms with Crippen LogP contribution in [-0.2, 0) is 15.6 Å². The van der Waals surface area contributed by atoms with Crippen molar-refractivity contribution in [2.75, 3.05) is 0 Å². The Balaban J connectivity index is 3.05. The molecule has 0 aliphatic carbocycles. The van der Waals surface area contributed by atoms with Gasteiger partial charge in [0.1, 0.15) is 4.90 Å². The molecule has 0 radical (unpaired) electrons. The fraction of sp³-hybridized carbons (Fsp3) is 0.727. The van der Waals surface area contributed by atoms with Crippen LogP contribution < -0.4 is 0 Å². The fourth-order valence-electron chi connectivity index (χ4n) is 2.09. The van der Waals surface area contributed by atoms with Gasteiger partial charge < -0.3 is 0 Å². The van der Waals surface area contributed by atoms with Gasteiger partial charge in [-0.15, -0.1) is 0 Å². The van der Waals surface area contributed by atoms with Crippen molar-refractivity contribution >= 4 is 19.7 Å². The minimum absolute atomic E-state index is 0.155. The average Bonchev–Trinajstić information content (AvgIpc) is 2.40. The Morgan fingerprint density at radius 1 is 1.41 bits per heavy atom. The molecule has 0 fully saturated rings. The number of hydrogen-bond acceptors (Lipinski definition) is 3. The summed E-state index contributed by atoms with van der Waals surface area (Å²) in [5.41, 5.74) is 1.10. The van der Waals surface area contributed by atoms with E-state index in [2.05, 4.69) is 18.9 Å². The predicted octanol–water partition coefficient (Wildman–Crippen LogP) is 2.86. The lowest BCUT2D eigenvalue weighted by Crippen LogP contribution is -2.10. The van der Waals surface area contributed by atoms with E-state index < -0.39 is 9.05 Å². The van der Waals surface area contributed by atoms with Crippen LogP contribution >= 0.6 is 10.7 Å². The Bertz CT molecular complexity index is 494. The Hall–Kier alpha value is -0.550. The molecule has 1 rings (SSSR count). The predicted molar refractivity (Wildman–Crippen MR) is 68.8 cm³/mol. The zero-order valence-electron chi connectivity index (χ0n) is 10.7. The monoisotopic (exact) mass is 278 g/mol. The van der Waals surface area contributed by atoms with Crippen LogP contribution in [0.5, 0.6) is 0 Å². The molecule has 0 saturated carbocycles. The van der Waals surface area contributed by atoms with E-state index >= 15 is 0 Å². The molecule has 0 aliphatic heterocycles. The molecule has 0 bridgehead atoms. The second-order valence-electron chi connectivity index (χ2n) is 4.51. The molecule has 0 aromatic carbocycles. The highest BCUT2D eigenvalue weighted by Gasteiger charge is 2.22. The fourth-order valence-corrected chi connectivity index (χ4v) is 3.61. The van der Waals surface area contributed by atoms with E-state index in [9.17, 15) is 8.42 Å². The van der Waals surface area contributed by atoms with E-state index in [0.29, 0.717) is 17.3 Å². The quantitative estimate of drug-likeness (QED) is 0.778. The van der Waals surface area contributed by atoms with Crippen molar-refractivity contribution < 1.29 is 8.42 Å². The molecule has 0 amide bonds. The van der Waals surface area contributed by atoms with Gasteiger partial charge in [0.15, 0.2) is 0 Å². The first kappa shape index (κ1) is 14.5. The molecule has 6 heteroatoms. The van der Waals surface area contributed by atoms with E-state index in [4.69, 9.17) is 10.7 Å². The molecule has 1 heterocycles. The first-order valence-electron chi connectivity index (χ1n) is 5.76. The number of aryl methyl sites for hydroxylation is 1. The van der Waals surface area contributed by atoms with Crippen LogP contribution in [0.2, 0.25) is 0 Å². The van der Waals surface area contributed by atoms with Crippen LogP contribution in [-0.4, -0.2) is 18.2 Å². The molecule has 1 unspecified atom stereocenters. The second kappa shape index (κ2) is 5.40. The zero-order valence-corrected chi connectivity index (χ0v) is 12.3. The van der Waals surface area contributed by atoms with Gasteiger partial charge in [-0.2, -0.15) is 5.10 Å². The van der Waals surface area contributed by atoms with E-state index in [0.717, 1.165) is 19.4 Å². The lowest BCUT2D eigenvalue weighted by Gasteiger charge is -2.11. The first-order chi connectivity index (χ1) is 7.77. The maximum atomic E-state index is 11.4. The van der Waals surface area contributed by atoms with Gasteiger partial charge in [0.25, 0.3) is 9.05 Å². The van der Waals surface area contributed by atoms with E-state index in [-0.39, 0.29) is 4.90 Å². The summed E-state index contributed by atoms with van der Waals surface area (Å²) in [6.07, 6.45) is 2.21. The Morgan fingerprint density at radius 3 is 2.41 bits per heavy atom. The number of hydrogen-bond donors (Lipinski definition) is 0. The minimum atomic E-state index is -3.70. The Kier molecular flexibility index (Phi) is 4.61. The summed E-state index contributed by atoms with van der Waals surface area (Å²) in [5.74, 6) is 0.476. The van der Waals surface area contributed by atoms with Crippen molar-refractivity contribution in [3.8, 4) is 0 Å². The van der Waals surface area contributed by atoms with E-state index in [1.54, 1.807) is 18.5 Å². The molecule has 0 aliphatic rings. The number of halogens is 1. The summed E-state index contributed by atoms with van der Waals surface area (Å²) in [7, 11) is 1.70. The molecule has 1 atom stereocenters. The van der Waals surface area contributed by atoms with Crippen molar-refractivity contribution in [1.29, 1.82) is 0 Å². The lowest BCUT2D eigenvalue weighted by atomic mass is 10.1. The largest absolute Gasteiger partial charge is 0.268 e. The Morgan fingerprint density at radius 2 is 2.00 bits per heavy atom. The van der Waals surface area contributed by atoms with Gasteiger partial charge >= 0.3 is 0 Å². The number of rotatable bonds is 5. The highest BCUT2D eigenvalue weighted by atomic mass is 35.7. The summed E-state index contributed by atoms with van der Waals surface area (Å²) >= 11 is 0. The molecule has 1 aromatic rings. The highest BCUT2D eigenvalue weighted by Crippen LogP contribution is 2.24. The van der Waals surface area contributed by atoms with Crippen LogP contribution in [0.3, 0.4) is 0 Å². The van der Waals surface area contributed by atoms with Gasteiger partial charge in [0.05, 0.1) is 11.4 Å². The third-order valence-electron chi connectivity index (χ3n) is 2.82. The zero-order chi connectivity index (χ0) is 13.2. The molecule has 98 valence electrons. The summed E-state index contributed by atoms with van der Waals surface area (Å²) in [6.45, 7) is 8.41. The summed E-state index contributed by atoms with van der Waals surface area (Å²) in [6, 6.07) is 0. The lowest BCUT2D eigenvalue weighted by molar-refractivity contribution is 0.413. The summed E-state index contributed by atoms with van der Waals surface area (Å²) in [4.78, 5) is 0.155. The average molecular weight is 279 g/mol. The molecule has 17 heavy (non-hydrogen) atoms. The van der Waals surface area contributed by atoms with E-state index in [1.807, 2.05) is 0 Å². The number of aromatic nitrogens is 2. The van der Waals surface area contributed by atoms with Crippen LogP contribution in [0.4, 0.5) is 0 Å². The van der Waals surface area contributed by atoms with Crippen molar-refractivity contribution in [1.82, 2.24) is 9.78 Å². The van der Waals surface area contributed by atoms with Crippen LogP contribution in [0, 0.1) is 19.8 Å². The Labute approximate surface area is 107 Å². The molecule has 0 spiro atoms. The summed E-state index contributed by atoms with van der Waals surface area (Å²) < 4.78 is 24.6. The smallest absolute Gasteiger partial charge is 0.264 e. The van der Waals surface area contributed by atoms with Crippen molar-refractivity contribution in [2.45, 2.75) is 52.0 Å². The van der Waals surface area contributed by atoms with Crippen molar-refractivity contribution in [3.05, 3.63) is 11.4 Å². The second-order valence-corrected chi connectivity index (χ2v) is 7.02. The van der Waals surface area contributed by atoms with Crippen molar-refractivity contribution in [2.24, 2.45) is 5.92 Å². The molecule has 4 nitrogen and oxygen atoms in total. The molecule has 0 saturated heterocycles. The third kappa shape index (κ3) is 3.45. The SMILES string of the molecule is CCCC(C)Cn1nc(C)c(S(=O)(=O)Cl)c1C. The van der Waals surface area contributed by atoms with Gasteiger partial charge in [-0.3, -0.25) is 4.68 Å². The molecular formula is C11H19ClN2O2S. The minimum Gasteiger partial charge on any atom is -0.268 e. The normalized spacial score (nSPS) is 13.9. The van der Waals surface area contributed by atoms with Gasteiger partial charge in [-0.1, -0.05) is 20.3 Å². The molecule has 1 aromatic heterocycles. The van der Waals surface area contributed by atoms with Crippen molar-refractivity contribution in [3.63, 3.8) is 0 Å². The maximum absolute atomic E-state index is 11.4. The maximum Gasteiger partial charge on any atom is 0.264 e. The topological polar surface area (TPSA) is 52.0 Å². The molecule has 0 N–H and O–H groups in total. The third-order valence-corrected chi connectivity index (χ3v) is 4.37. The van der Waals surface area contributed by atoms with Gasteiger partial charge in [-0.05, 0) is 26.2 Å². The number of nitrogens with zero attached hydrogens (tertiary/aromatic N) is 2. The van der Waals surface area contributed by atoms with Gasteiger partial charge in [-0.25, -0.2) is 8.42 Å². The summed E-state index contributed by atoms with van der Waals surface area (Å²) in [5, 5.41) is 4.25. The highest BCUT2D eigenvalue weighted by molar-refractivity contribution is 8.13. The molecular weight excluding hydrogens is 260 g/mol. The van der Waals surface area contributed by atoms with Gasteiger partial charge in [0, 0.05) is 17.2 Å². The first-order valence-corrected chi connectivity index (χ1v) is 8.07. The van der Waals surface area contributed by atoms with Crippen LogP contribution in [0.25, 0.3) is 0 Å². The van der Waals surface area contributed by atoms with E-state index in [1.165, 1.54) is 0 Å².